The van der Waals surface area contributed by atoms with Gasteiger partial charge in [0.05, 0.1) is 17.9 Å². The van der Waals surface area contributed by atoms with Gasteiger partial charge in [0.15, 0.2) is 0 Å². The van der Waals surface area contributed by atoms with E-state index in [1.807, 2.05) is 4.90 Å². The van der Waals surface area contributed by atoms with E-state index in [0.29, 0.717) is 12.1 Å². The van der Waals surface area contributed by atoms with Crippen LogP contribution in [0.25, 0.3) is 0 Å². The SMILES string of the molecule is O=C(c1cn[nH]c1)N1CCCOC(CN2CCCC2)C1. The van der Waals surface area contributed by atoms with E-state index >= 15 is 0 Å². The molecule has 0 aromatic carbocycles. The van der Waals surface area contributed by atoms with Crippen molar-refractivity contribution in [2.24, 2.45) is 0 Å². The van der Waals surface area contributed by atoms with Crippen LogP contribution < -0.4 is 0 Å². The van der Waals surface area contributed by atoms with E-state index < -0.39 is 0 Å². The first-order valence-electron chi connectivity index (χ1n) is 7.45. The average Bonchev–Trinajstić information content (AvgIpc) is 3.10. The Labute approximate surface area is 119 Å². The molecule has 1 atom stereocenters. The summed E-state index contributed by atoms with van der Waals surface area (Å²) in [5.74, 6) is 0.0515. The molecule has 0 aliphatic carbocycles. The lowest BCUT2D eigenvalue weighted by Gasteiger charge is -2.26. The molecule has 1 aromatic heterocycles. The molecule has 3 rings (SSSR count). The Morgan fingerprint density at radius 3 is 2.95 bits per heavy atom. The van der Waals surface area contributed by atoms with Crippen LogP contribution in [0, 0.1) is 0 Å². The Balaban J connectivity index is 1.61. The predicted octanol–water partition coefficient (Wildman–Crippen LogP) is 0.737. The summed E-state index contributed by atoms with van der Waals surface area (Å²) < 4.78 is 5.90. The van der Waals surface area contributed by atoms with Gasteiger partial charge in [-0.25, -0.2) is 0 Å². The number of hydrogen-bond acceptors (Lipinski definition) is 4. The number of H-pyrrole nitrogens is 1. The zero-order valence-electron chi connectivity index (χ0n) is 11.8. The summed E-state index contributed by atoms with van der Waals surface area (Å²) in [6, 6.07) is 0. The zero-order chi connectivity index (χ0) is 13.8. The van der Waals surface area contributed by atoms with Gasteiger partial charge in [0.1, 0.15) is 0 Å². The number of carbonyl (C=O) groups is 1. The second-order valence-electron chi connectivity index (χ2n) is 5.59. The van der Waals surface area contributed by atoms with Crippen molar-refractivity contribution in [1.29, 1.82) is 0 Å². The summed E-state index contributed by atoms with van der Waals surface area (Å²) >= 11 is 0. The molecule has 2 fully saturated rings. The normalized spacial score (nSPS) is 24.8. The Kier molecular flexibility index (Phi) is 4.32. The maximum atomic E-state index is 12.4. The van der Waals surface area contributed by atoms with Gasteiger partial charge in [0, 0.05) is 32.4 Å². The van der Waals surface area contributed by atoms with E-state index in [4.69, 9.17) is 4.74 Å². The van der Waals surface area contributed by atoms with Gasteiger partial charge >= 0.3 is 0 Å². The van der Waals surface area contributed by atoms with Crippen LogP contribution in [-0.4, -0.2) is 71.3 Å². The number of aromatic nitrogens is 2. The minimum absolute atomic E-state index is 0.0515. The van der Waals surface area contributed by atoms with Gasteiger partial charge in [-0.05, 0) is 32.4 Å². The number of ether oxygens (including phenoxy) is 1. The Morgan fingerprint density at radius 1 is 1.35 bits per heavy atom. The molecule has 110 valence electrons. The van der Waals surface area contributed by atoms with E-state index in [-0.39, 0.29) is 12.0 Å². The molecule has 2 aliphatic heterocycles. The van der Waals surface area contributed by atoms with Gasteiger partial charge in [-0.1, -0.05) is 0 Å². The number of amides is 1. The van der Waals surface area contributed by atoms with E-state index in [9.17, 15) is 4.79 Å². The third kappa shape index (κ3) is 3.19. The Hall–Kier alpha value is -1.40. The van der Waals surface area contributed by atoms with Crippen LogP contribution in [0.5, 0.6) is 0 Å². The third-order valence-corrected chi connectivity index (χ3v) is 4.04. The smallest absolute Gasteiger partial charge is 0.257 e. The van der Waals surface area contributed by atoms with Crippen molar-refractivity contribution in [2.45, 2.75) is 25.4 Å². The molecule has 2 aliphatic rings. The van der Waals surface area contributed by atoms with E-state index in [0.717, 1.165) is 39.2 Å². The molecule has 1 unspecified atom stereocenters. The first-order valence-corrected chi connectivity index (χ1v) is 7.45. The average molecular weight is 278 g/mol. The summed E-state index contributed by atoms with van der Waals surface area (Å²) in [4.78, 5) is 16.7. The van der Waals surface area contributed by atoms with Gasteiger partial charge in [-0.3, -0.25) is 9.89 Å². The second-order valence-corrected chi connectivity index (χ2v) is 5.59. The highest BCUT2D eigenvalue weighted by Crippen LogP contribution is 2.14. The lowest BCUT2D eigenvalue weighted by Crippen LogP contribution is -2.41. The number of nitrogens with one attached hydrogen (secondary N) is 1. The minimum atomic E-state index is 0.0515. The number of aromatic amines is 1. The highest BCUT2D eigenvalue weighted by Gasteiger charge is 2.26. The fourth-order valence-electron chi connectivity index (χ4n) is 2.99. The fraction of sp³-hybridized carbons (Fsp3) is 0.714. The van der Waals surface area contributed by atoms with Crippen LogP contribution in [0.3, 0.4) is 0 Å². The number of rotatable bonds is 3. The molecule has 2 saturated heterocycles. The predicted molar refractivity (Wildman–Crippen MR) is 74.5 cm³/mol. The van der Waals surface area contributed by atoms with E-state index in [1.54, 1.807) is 12.4 Å². The second kappa shape index (κ2) is 6.37. The molecule has 0 bridgehead atoms. The van der Waals surface area contributed by atoms with Crippen LogP contribution >= 0.6 is 0 Å². The molecule has 6 heteroatoms. The molecular weight excluding hydrogens is 256 g/mol. The monoisotopic (exact) mass is 278 g/mol. The highest BCUT2D eigenvalue weighted by molar-refractivity contribution is 5.93. The lowest BCUT2D eigenvalue weighted by atomic mass is 10.2. The maximum absolute atomic E-state index is 12.4. The zero-order valence-corrected chi connectivity index (χ0v) is 11.8. The molecule has 6 nitrogen and oxygen atoms in total. The lowest BCUT2D eigenvalue weighted by molar-refractivity contribution is 0.0297. The number of nitrogens with zero attached hydrogens (tertiary/aromatic N) is 3. The maximum Gasteiger partial charge on any atom is 0.257 e. The summed E-state index contributed by atoms with van der Waals surface area (Å²) in [5.41, 5.74) is 0.631. The quantitative estimate of drug-likeness (QED) is 0.886. The largest absolute Gasteiger partial charge is 0.375 e. The van der Waals surface area contributed by atoms with Crippen LogP contribution in [0.2, 0.25) is 0 Å². The van der Waals surface area contributed by atoms with Gasteiger partial charge in [-0.2, -0.15) is 5.10 Å². The van der Waals surface area contributed by atoms with Gasteiger partial charge in [0.2, 0.25) is 0 Å². The van der Waals surface area contributed by atoms with Crippen LogP contribution in [0.15, 0.2) is 12.4 Å². The van der Waals surface area contributed by atoms with Crippen molar-refractivity contribution in [2.75, 3.05) is 39.3 Å². The van der Waals surface area contributed by atoms with Crippen LogP contribution in [0.1, 0.15) is 29.6 Å². The molecular formula is C14H22N4O2. The van der Waals surface area contributed by atoms with Crippen molar-refractivity contribution in [1.82, 2.24) is 20.0 Å². The molecule has 1 aromatic rings. The number of likely N-dealkylation sites (tertiary alicyclic amines) is 1. The standard InChI is InChI=1S/C14H22N4O2/c19-14(12-8-15-16-9-12)18-6-3-7-20-13(11-18)10-17-4-1-2-5-17/h8-9,13H,1-7,10-11H2,(H,15,16). The summed E-state index contributed by atoms with van der Waals surface area (Å²) in [6.07, 6.45) is 6.84. The first kappa shape index (κ1) is 13.6. The molecule has 1 N–H and O–H groups in total. The Morgan fingerprint density at radius 2 is 2.20 bits per heavy atom. The topological polar surface area (TPSA) is 61.5 Å². The van der Waals surface area contributed by atoms with Crippen molar-refractivity contribution in [3.63, 3.8) is 0 Å². The summed E-state index contributed by atoms with van der Waals surface area (Å²) in [6.45, 7) is 5.45. The Bertz CT molecular complexity index is 428. The number of carbonyl (C=O) groups excluding carboxylic acids is 1. The van der Waals surface area contributed by atoms with Crippen molar-refractivity contribution in [3.05, 3.63) is 18.0 Å². The fourth-order valence-corrected chi connectivity index (χ4v) is 2.99. The van der Waals surface area contributed by atoms with E-state index in [2.05, 4.69) is 15.1 Å². The third-order valence-electron chi connectivity index (χ3n) is 4.04. The molecule has 0 spiro atoms. The van der Waals surface area contributed by atoms with Crippen LogP contribution in [0.4, 0.5) is 0 Å². The molecule has 3 heterocycles. The number of hydrogen-bond donors (Lipinski definition) is 1. The van der Waals surface area contributed by atoms with Gasteiger partial charge in [0.25, 0.3) is 5.91 Å². The molecule has 0 saturated carbocycles. The molecule has 20 heavy (non-hydrogen) atoms. The van der Waals surface area contributed by atoms with Crippen molar-refractivity contribution >= 4 is 5.91 Å². The summed E-state index contributed by atoms with van der Waals surface area (Å²) in [5, 5.41) is 6.55. The van der Waals surface area contributed by atoms with E-state index in [1.165, 1.54) is 12.8 Å². The van der Waals surface area contributed by atoms with Gasteiger partial charge in [-0.15, -0.1) is 0 Å². The van der Waals surface area contributed by atoms with Crippen molar-refractivity contribution < 1.29 is 9.53 Å². The molecule has 1 amide bonds. The molecule has 0 radical (unpaired) electrons. The highest BCUT2D eigenvalue weighted by atomic mass is 16.5. The van der Waals surface area contributed by atoms with Crippen LogP contribution in [-0.2, 0) is 4.74 Å². The summed E-state index contributed by atoms with van der Waals surface area (Å²) in [7, 11) is 0. The van der Waals surface area contributed by atoms with Gasteiger partial charge < -0.3 is 14.5 Å². The first-order chi connectivity index (χ1) is 9.83. The minimum Gasteiger partial charge on any atom is -0.375 e. The van der Waals surface area contributed by atoms with Crippen molar-refractivity contribution in [3.8, 4) is 0 Å².